The standard InChI is InChI=1S/C12H15Si.C5H5.Zr/c1-13(2,3)12-9-8-10-6-4-5-7-11(10)12;1-2-4-5-3-1;/h4-9H,1-3H3;1-3H,4H2;. The molecule has 0 aromatic heterocycles. The van der Waals surface area contributed by atoms with Gasteiger partial charge in [-0.05, 0) is 0 Å². The van der Waals surface area contributed by atoms with Crippen LogP contribution < -0.4 is 0 Å². The Morgan fingerprint density at radius 1 is 1.16 bits per heavy atom. The number of allylic oxidation sites excluding steroid dienone is 5. The molecular weight excluding hydrogens is 323 g/mol. The van der Waals surface area contributed by atoms with Crippen LogP contribution in [0.3, 0.4) is 0 Å². The van der Waals surface area contributed by atoms with Crippen molar-refractivity contribution in [2.75, 3.05) is 0 Å². The molecule has 19 heavy (non-hydrogen) atoms. The summed E-state index contributed by atoms with van der Waals surface area (Å²) in [5.74, 6) is 0. The molecule has 0 radical (unpaired) electrons. The number of rotatable bonds is 3. The summed E-state index contributed by atoms with van der Waals surface area (Å²) < 4.78 is 2.21. The summed E-state index contributed by atoms with van der Waals surface area (Å²) in [4.78, 5) is 0. The Morgan fingerprint density at radius 2 is 1.95 bits per heavy atom. The Kier molecular flexibility index (Phi) is 3.43. The quantitative estimate of drug-likeness (QED) is 0.697. The first-order chi connectivity index (χ1) is 9.03. The fraction of sp³-hybridized carbons (Fsp3) is 0.294. The summed E-state index contributed by atoms with van der Waals surface area (Å²) in [6.45, 7) is 7.63. The minimum atomic E-state index is -1.27. The molecule has 0 heterocycles. The third-order valence-electron chi connectivity index (χ3n) is 4.21. The average Bonchev–Trinajstić information content (AvgIpc) is 2.98. The van der Waals surface area contributed by atoms with Gasteiger partial charge in [0.15, 0.2) is 0 Å². The number of hydrogen-bond donors (Lipinski definition) is 0. The van der Waals surface area contributed by atoms with Gasteiger partial charge in [0.1, 0.15) is 0 Å². The van der Waals surface area contributed by atoms with Crippen LogP contribution in [-0.2, 0) is 26.0 Å². The van der Waals surface area contributed by atoms with Gasteiger partial charge in [-0.3, -0.25) is 0 Å². The third kappa shape index (κ3) is 2.23. The Morgan fingerprint density at radius 3 is 2.63 bits per heavy atom. The van der Waals surface area contributed by atoms with E-state index in [1.54, 1.807) is 8.84 Å². The van der Waals surface area contributed by atoms with E-state index in [9.17, 15) is 0 Å². The Balaban J connectivity index is 2.07. The van der Waals surface area contributed by atoms with Crippen molar-refractivity contribution in [3.8, 4) is 0 Å². The van der Waals surface area contributed by atoms with Gasteiger partial charge in [-0.1, -0.05) is 0 Å². The Bertz CT molecular complexity index is 590. The molecule has 0 nitrogen and oxygen atoms in total. The van der Waals surface area contributed by atoms with Crippen molar-refractivity contribution >= 4 is 14.1 Å². The average molecular weight is 344 g/mol. The van der Waals surface area contributed by atoms with Crippen LogP contribution in [0.2, 0.25) is 19.6 Å². The van der Waals surface area contributed by atoms with Gasteiger partial charge >= 0.3 is 129 Å². The summed E-state index contributed by atoms with van der Waals surface area (Å²) in [6.07, 6.45) is 13.1. The van der Waals surface area contributed by atoms with Crippen molar-refractivity contribution in [1.29, 1.82) is 0 Å². The predicted octanol–water partition coefficient (Wildman–Crippen LogP) is 4.71. The van der Waals surface area contributed by atoms with E-state index in [-0.39, 0.29) is 0 Å². The second-order valence-electron chi connectivity index (χ2n) is 6.43. The molecule has 1 atom stereocenters. The number of hydrogen-bond acceptors (Lipinski definition) is 0. The van der Waals surface area contributed by atoms with Crippen LogP contribution in [-0.4, -0.2) is 8.07 Å². The van der Waals surface area contributed by atoms with E-state index in [1.807, 2.05) is 0 Å². The van der Waals surface area contributed by atoms with Crippen molar-refractivity contribution < 1.29 is 23.2 Å². The zero-order valence-corrected chi connectivity index (χ0v) is 15.4. The first kappa shape index (κ1) is 13.5. The zero-order valence-electron chi connectivity index (χ0n) is 11.9. The summed E-state index contributed by atoms with van der Waals surface area (Å²) in [5, 5.41) is 0. The first-order valence-corrected chi connectivity index (χ1v) is 12.9. The van der Waals surface area contributed by atoms with Gasteiger partial charge in [0.05, 0.1) is 0 Å². The van der Waals surface area contributed by atoms with Crippen LogP contribution >= 0.6 is 0 Å². The van der Waals surface area contributed by atoms with E-state index in [1.165, 1.54) is 12.0 Å². The Labute approximate surface area is 128 Å². The van der Waals surface area contributed by atoms with Crippen molar-refractivity contribution in [2.24, 2.45) is 0 Å². The van der Waals surface area contributed by atoms with Crippen LogP contribution in [0.25, 0.3) is 6.08 Å². The summed E-state index contributed by atoms with van der Waals surface area (Å²) in [5.41, 5.74) is 3.10. The molecule has 0 N–H and O–H groups in total. The molecule has 96 valence electrons. The summed E-state index contributed by atoms with van der Waals surface area (Å²) >= 11 is -0.613. The molecule has 2 aliphatic rings. The van der Waals surface area contributed by atoms with Gasteiger partial charge in [0, 0.05) is 0 Å². The van der Waals surface area contributed by atoms with Crippen LogP contribution in [0.5, 0.6) is 0 Å². The van der Waals surface area contributed by atoms with Gasteiger partial charge in [-0.15, -0.1) is 0 Å². The van der Waals surface area contributed by atoms with Crippen molar-refractivity contribution in [3.05, 3.63) is 63.0 Å². The molecule has 2 heteroatoms. The van der Waals surface area contributed by atoms with Gasteiger partial charge in [-0.2, -0.15) is 0 Å². The van der Waals surface area contributed by atoms with Crippen molar-refractivity contribution in [1.82, 2.24) is 0 Å². The zero-order chi connectivity index (χ0) is 13.5. The maximum atomic E-state index is 2.58. The van der Waals surface area contributed by atoms with Crippen LogP contribution in [0.1, 0.15) is 17.5 Å². The molecule has 1 aromatic rings. The third-order valence-corrected chi connectivity index (χ3v) is 17.0. The number of benzene rings is 1. The molecule has 0 saturated heterocycles. The van der Waals surface area contributed by atoms with E-state index in [2.05, 4.69) is 74.3 Å². The van der Waals surface area contributed by atoms with Crippen molar-refractivity contribution in [3.63, 3.8) is 0 Å². The van der Waals surface area contributed by atoms with Gasteiger partial charge in [0.25, 0.3) is 0 Å². The monoisotopic (exact) mass is 342 g/mol. The van der Waals surface area contributed by atoms with Crippen LogP contribution in [0.15, 0.2) is 51.9 Å². The SMILES string of the molecule is C[Si](C)(C)[C]1([Zr][C]2=CC=CC2)C=Cc2ccccc21. The molecule has 0 saturated carbocycles. The van der Waals surface area contributed by atoms with E-state index in [4.69, 9.17) is 0 Å². The van der Waals surface area contributed by atoms with E-state index < -0.39 is 31.3 Å². The molecule has 0 spiro atoms. The fourth-order valence-electron chi connectivity index (χ4n) is 3.05. The first-order valence-electron chi connectivity index (χ1n) is 6.96. The fourth-order valence-corrected chi connectivity index (χ4v) is 12.3. The molecule has 1 aromatic carbocycles. The second-order valence-corrected chi connectivity index (χ2v) is 17.1. The number of fused-ring (bicyclic) bond motifs is 1. The molecule has 0 aliphatic heterocycles. The second kappa shape index (κ2) is 4.82. The maximum absolute atomic E-state index is 2.58. The van der Waals surface area contributed by atoms with Crippen LogP contribution in [0, 0.1) is 0 Å². The molecule has 0 amide bonds. The van der Waals surface area contributed by atoms with Gasteiger partial charge in [0.2, 0.25) is 0 Å². The minimum absolute atomic E-state index is 0.449. The predicted molar refractivity (Wildman–Crippen MR) is 82.3 cm³/mol. The topological polar surface area (TPSA) is 0 Å². The van der Waals surface area contributed by atoms with Crippen molar-refractivity contribution in [2.45, 2.75) is 28.8 Å². The molecule has 2 aliphatic carbocycles. The molecule has 0 fully saturated rings. The Hall–Kier alpha value is -0.460. The molecule has 3 rings (SSSR count). The normalized spacial score (nSPS) is 24.5. The summed E-state index contributed by atoms with van der Waals surface area (Å²) in [6, 6.07) is 9.07. The molecular formula is C17H20SiZr. The van der Waals surface area contributed by atoms with E-state index in [0.29, 0.717) is 2.75 Å². The van der Waals surface area contributed by atoms with Gasteiger partial charge < -0.3 is 0 Å². The molecule has 1 unspecified atom stereocenters. The molecule has 0 bridgehead atoms. The van der Waals surface area contributed by atoms with Gasteiger partial charge in [-0.25, -0.2) is 0 Å². The summed E-state index contributed by atoms with van der Waals surface area (Å²) in [7, 11) is -1.27. The van der Waals surface area contributed by atoms with Crippen LogP contribution in [0.4, 0.5) is 0 Å². The van der Waals surface area contributed by atoms with E-state index in [0.717, 1.165) is 0 Å². The van der Waals surface area contributed by atoms with E-state index >= 15 is 0 Å².